The standard InChI is InChI=1S/C38H36Cl2F6N2O3/c1-47-35(49)30-12-10-25(7-5-6-16-48-17-14-36(50,15-18-48)27-8-3-2-4-9-27)34(33(30)26-11-13-31(39)32(40)21-26)51-23-24-19-28(37(41,42)43)22-29(20-24)38(44,45)46/h2-4,8-13,19-22,50H,5-7,14-18,23H2,1H3,(H,47,49). The summed E-state index contributed by atoms with van der Waals surface area (Å²) in [5.74, 6) is -0.363. The molecule has 0 aliphatic carbocycles. The van der Waals surface area contributed by atoms with E-state index in [-0.39, 0.29) is 38.6 Å². The first-order valence-corrected chi connectivity index (χ1v) is 17.1. The maximum atomic E-state index is 13.6. The minimum atomic E-state index is -5.03. The molecule has 1 aliphatic heterocycles. The minimum absolute atomic E-state index is 0.0623. The number of benzene rings is 4. The fourth-order valence-electron chi connectivity index (χ4n) is 6.34. The number of carbonyl (C=O) groups is 1. The van der Waals surface area contributed by atoms with Crippen molar-refractivity contribution in [3.63, 3.8) is 0 Å². The number of likely N-dealkylation sites (tertiary alicyclic amines) is 1. The third-order valence-corrected chi connectivity index (χ3v) is 9.85. The molecule has 0 spiro atoms. The summed E-state index contributed by atoms with van der Waals surface area (Å²) in [6, 6.07) is 18.8. The highest BCUT2D eigenvalue weighted by Gasteiger charge is 2.37. The number of nitrogens with one attached hydrogen (secondary N) is 1. The molecule has 5 rings (SSSR count). The van der Waals surface area contributed by atoms with E-state index in [2.05, 4.69) is 10.2 Å². The molecule has 2 N–H and O–H groups in total. The van der Waals surface area contributed by atoms with Gasteiger partial charge in [0.05, 0.1) is 32.3 Å². The molecular formula is C38H36Cl2F6N2O3. The topological polar surface area (TPSA) is 61.8 Å². The van der Waals surface area contributed by atoms with E-state index >= 15 is 0 Å². The first-order chi connectivity index (χ1) is 24.1. The number of alkyl halides is 6. The van der Waals surface area contributed by atoms with E-state index in [1.807, 2.05) is 30.3 Å². The Kier molecular flexibility index (Phi) is 12.0. The van der Waals surface area contributed by atoms with Gasteiger partial charge in [-0.25, -0.2) is 0 Å². The second-order valence-corrected chi connectivity index (χ2v) is 13.4. The molecule has 51 heavy (non-hydrogen) atoms. The van der Waals surface area contributed by atoms with Crippen LogP contribution in [0.3, 0.4) is 0 Å². The van der Waals surface area contributed by atoms with Gasteiger partial charge in [-0.2, -0.15) is 26.3 Å². The smallest absolute Gasteiger partial charge is 0.416 e. The number of unbranched alkanes of at least 4 members (excludes halogenated alkanes) is 1. The second-order valence-electron chi connectivity index (χ2n) is 12.6. The zero-order chi connectivity index (χ0) is 37.0. The maximum absolute atomic E-state index is 13.6. The van der Waals surface area contributed by atoms with E-state index in [0.29, 0.717) is 62.0 Å². The van der Waals surface area contributed by atoms with Gasteiger partial charge in [0, 0.05) is 25.7 Å². The van der Waals surface area contributed by atoms with Crippen LogP contribution < -0.4 is 10.1 Å². The van der Waals surface area contributed by atoms with Crippen LogP contribution in [0, 0.1) is 0 Å². The maximum Gasteiger partial charge on any atom is 0.416 e. The van der Waals surface area contributed by atoms with E-state index in [1.54, 1.807) is 18.2 Å². The summed E-state index contributed by atoms with van der Waals surface area (Å²) >= 11 is 12.5. The highest BCUT2D eigenvalue weighted by atomic mass is 35.5. The van der Waals surface area contributed by atoms with Gasteiger partial charge < -0.3 is 20.1 Å². The molecule has 1 saturated heterocycles. The third-order valence-electron chi connectivity index (χ3n) is 9.11. The molecule has 1 heterocycles. The molecule has 4 aromatic rings. The van der Waals surface area contributed by atoms with Crippen molar-refractivity contribution in [3.05, 3.63) is 122 Å². The zero-order valence-electron chi connectivity index (χ0n) is 27.6. The van der Waals surface area contributed by atoms with Gasteiger partial charge in [0.25, 0.3) is 5.91 Å². The van der Waals surface area contributed by atoms with E-state index < -0.39 is 41.6 Å². The van der Waals surface area contributed by atoms with E-state index in [1.165, 1.54) is 19.2 Å². The van der Waals surface area contributed by atoms with Crippen LogP contribution in [0.15, 0.2) is 78.9 Å². The normalized spacial score (nSPS) is 15.1. The largest absolute Gasteiger partial charge is 0.488 e. The van der Waals surface area contributed by atoms with Gasteiger partial charge in [0.2, 0.25) is 0 Å². The molecule has 1 aliphatic rings. The lowest BCUT2D eigenvalue weighted by Crippen LogP contribution is -2.42. The Morgan fingerprint density at radius 3 is 2.10 bits per heavy atom. The van der Waals surface area contributed by atoms with Crippen molar-refractivity contribution >= 4 is 29.1 Å². The monoisotopic (exact) mass is 752 g/mol. The molecule has 5 nitrogen and oxygen atoms in total. The lowest BCUT2D eigenvalue weighted by Gasteiger charge is -2.38. The predicted octanol–water partition coefficient (Wildman–Crippen LogP) is 9.94. The van der Waals surface area contributed by atoms with Crippen LogP contribution in [0.4, 0.5) is 26.3 Å². The summed E-state index contributed by atoms with van der Waals surface area (Å²) in [6.07, 6.45) is -7.04. The molecule has 1 fully saturated rings. The fourth-order valence-corrected chi connectivity index (χ4v) is 6.64. The van der Waals surface area contributed by atoms with E-state index in [0.717, 1.165) is 18.5 Å². The molecule has 0 radical (unpaired) electrons. The number of aliphatic hydroxyl groups is 1. The van der Waals surface area contributed by atoms with E-state index in [4.69, 9.17) is 27.9 Å². The van der Waals surface area contributed by atoms with Gasteiger partial charge in [-0.05, 0) is 97.3 Å². The van der Waals surface area contributed by atoms with Crippen LogP contribution in [-0.2, 0) is 31.0 Å². The van der Waals surface area contributed by atoms with Gasteiger partial charge in [-0.3, -0.25) is 4.79 Å². The van der Waals surface area contributed by atoms with Gasteiger partial charge in [0.15, 0.2) is 0 Å². The summed E-state index contributed by atoms with van der Waals surface area (Å²) in [5.41, 5.74) is -1.80. The van der Waals surface area contributed by atoms with Crippen molar-refractivity contribution in [2.75, 3.05) is 26.7 Å². The Bertz CT molecular complexity index is 1810. The molecule has 1 amide bonds. The molecule has 13 heteroatoms. The highest BCUT2D eigenvalue weighted by Crippen LogP contribution is 2.41. The highest BCUT2D eigenvalue weighted by molar-refractivity contribution is 6.42. The fraction of sp³-hybridized carbons (Fsp3) is 0.342. The van der Waals surface area contributed by atoms with Crippen LogP contribution >= 0.6 is 23.2 Å². The van der Waals surface area contributed by atoms with Crippen LogP contribution in [0.1, 0.15) is 63.9 Å². The predicted molar refractivity (Wildman–Crippen MR) is 185 cm³/mol. The van der Waals surface area contributed by atoms with Gasteiger partial charge >= 0.3 is 12.4 Å². The Morgan fingerprint density at radius 1 is 0.863 bits per heavy atom. The van der Waals surface area contributed by atoms with Crippen LogP contribution in [0.25, 0.3) is 11.1 Å². The van der Waals surface area contributed by atoms with E-state index in [9.17, 15) is 36.2 Å². The number of halogens is 8. The van der Waals surface area contributed by atoms with Crippen LogP contribution in [0.2, 0.25) is 10.0 Å². The first kappa shape index (κ1) is 38.5. The average Bonchev–Trinajstić information content (AvgIpc) is 3.10. The molecule has 272 valence electrons. The summed E-state index contributed by atoms with van der Waals surface area (Å²) in [7, 11) is 1.43. The molecule has 0 atom stereocenters. The Hall–Kier alpha value is -3.77. The molecule has 0 saturated carbocycles. The number of hydrogen-bond acceptors (Lipinski definition) is 4. The lowest BCUT2D eigenvalue weighted by molar-refractivity contribution is -0.143. The van der Waals surface area contributed by atoms with Crippen LogP contribution in [0.5, 0.6) is 5.75 Å². The second kappa shape index (κ2) is 15.9. The summed E-state index contributed by atoms with van der Waals surface area (Å²) in [5, 5.41) is 14.2. The molecule has 0 aromatic heterocycles. The van der Waals surface area contributed by atoms with Crippen LogP contribution in [-0.4, -0.2) is 42.6 Å². The number of carbonyl (C=O) groups excluding carboxylic acids is 1. The molecule has 0 bridgehead atoms. The first-order valence-electron chi connectivity index (χ1n) is 16.3. The number of aryl methyl sites for hydroxylation is 1. The summed E-state index contributed by atoms with van der Waals surface area (Å²) < 4.78 is 87.9. The lowest BCUT2D eigenvalue weighted by atomic mass is 9.84. The number of nitrogens with zero attached hydrogens (tertiary/aromatic N) is 1. The van der Waals surface area contributed by atoms with Gasteiger partial charge in [-0.1, -0.05) is 65.7 Å². The number of rotatable bonds is 11. The minimum Gasteiger partial charge on any atom is -0.488 e. The SMILES string of the molecule is CNC(=O)c1ccc(CCCCN2CCC(O)(c3ccccc3)CC2)c(OCc2cc(C(F)(F)F)cc(C(F)(F)F)c2)c1-c1ccc(Cl)c(Cl)c1. The summed E-state index contributed by atoms with van der Waals surface area (Å²) in [6.45, 7) is 1.52. The molecule has 4 aromatic carbocycles. The quantitative estimate of drug-likeness (QED) is 0.118. The number of ether oxygens (including phenoxy) is 1. The zero-order valence-corrected chi connectivity index (χ0v) is 29.1. The molecular weight excluding hydrogens is 717 g/mol. The third kappa shape index (κ3) is 9.37. The summed E-state index contributed by atoms with van der Waals surface area (Å²) in [4.78, 5) is 15.4. The Morgan fingerprint density at radius 2 is 1.51 bits per heavy atom. The average molecular weight is 754 g/mol. The van der Waals surface area contributed by atoms with Crippen molar-refractivity contribution in [1.82, 2.24) is 10.2 Å². The number of piperidine rings is 1. The van der Waals surface area contributed by atoms with Crippen molar-refractivity contribution in [3.8, 4) is 16.9 Å². The molecule has 0 unspecified atom stereocenters. The Balaban J connectivity index is 1.42. The van der Waals surface area contributed by atoms with Crippen molar-refractivity contribution in [2.24, 2.45) is 0 Å². The van der Waals surface area contributed by atoms with Gasteiger partial charge in [0.1, 0.15) is 12.4 Å². The van der Waals surface area contributed by atoms with Gasteiger partial charge in [-0.15, -0.1) is 0 Å². The van der Waals surface area contributed by atoms with Crippen molar-refractivity contribution < 1.29 is 41.0 Å². The number of amides is 1. The number of hydrogen-bond donors (Lipinski definition) is 2. The van der Waals surface area contributed by atoms with Crippen molar-refractivity contribution in [2.45, 2.75) is 56.7 Å². The van der Waals surface area contributed by atoms with Crippen molar-refractivity contribution in [1.29, 1.82) is 0 Å². The Labute approximate surface area is 302 Å².